The van der Waals surface area contributed by atoms with Crippen LogP contribution < -0.4 is 10.6 Å². The van der Waals surface area contributed by atoms with Gasteiger partial charge in [-0.2, -0.15) is 0 Å². The van der Waals surface area contributed by atoms with E-state index >= 15 is 0 Å². The van der Waals surface area contributed by atoms with Gasteiger partial charge in [0.1, 0.15) is 0 Å². The number of hydrogen-bond acceptors (Lipinski definition) is 3. The zero-order valence-corrected chi connectivity index (χ0v) is 12.8. The normalized spacial score (nSPS) is 16.1. The topological polar surface area (TPSA) is 29.3 Å². The van der Waals surface area contributed by atoms with Crippen LogP contribution in [0.5, 0.6) is 0 Å². The van der Waals surface area contributed by atoms with Crippen molar-refractivity contribution in [3.63, 3.8) is 0 Å². The Labute approximate surface area is 125 Å². The molecule has 106 valence electrons. The van der Waals surface area contributed by atoms with Crippen LogP contribution in [0.4, 0.5) is 5.69 Å². The third-order valence-electron chi connectivity index (χ3n) is 3.98. The van der Waals surface area contributed by atoms with E-state index in [0.717, 1.165) is 13.0 Å². The smallest absolute Gasteiger partial charge is 0.0526 e. The Morgan fingerprint density at radius 1 is 1.25 bits per heavy atom. The van der Waals surface area contributed by atoms with E-state index < -0.39 is 0 Å². The first-order chi connectivity index (χ1) is 9.79. The zero-order chi connectivity index (χ0) is 13.9. The van der Waals surface area contributed by atoms with Crippen LogP contribution >= 0.6 is 11.3 Å². The molecule has 1 aliphatic rings. The summed E-state index contributed by atoms with van der Waals surface area (Å²) >= 11 is 1.84. The van der Waals surface area contributed by atoms with Gasteiger partial charge in [-0.1, -0.05) is 31.2 Å². The van der Waals surface area contributed by atoms with Gasteiger partial charge < -0.3 is 10.6 Å². The van der Waals surface area contributed by atoms with Gasteiger partial charge in [0.25, 0.3) is 0 Å². The van der Waals surface area contributed by atoms with Crippen molar-refractivity contribution in [2.75, 3.05) is 4.90 Å². The Morgan fingerprint density at radius 3 is 2.70 bits per heavy atom. The van der Waals surface area contributed by atoms with Gasteiger partial charge in [-0.3, -0.25) is 0 Å². The summed E-state index contributed by atoms with van der Waals surface area (Å²) in [5, 5.41) is 2.16. The molecular formula is C17H22N2S. The van der Waals surface area contributed by atoms with E-state index in [-0.39, 0.29) is 6.04 Å². The largest absolute Gasteiger partial charge is 0.363 e. The lowest BCUT2D eigenvalue weighted by Gasteiger charge is -2.28. The van der Waals surface area contributed by atoms with Crippen molar-refractivity contribution < 1.29 is 0 Å². The van der Waals surface area contributed by atoms with E-state index in [1.807, 2.05) is 11.3 Å². The Hall–Kier alpha value is -1.32. The summed E-state index contributed by atoms with van der Waals surface area (Å²) in [6, 6.07) is 13.8. The summed E-state index contributed by atoms with van der Waals surface area (Å²) in [6.07, 6.45) is 3.59. The van der Waals surface area contributed by atoms with Crippen molar-refractivity contribution >= 4 is 17.0 Å². The molecule has 0 radical (unpaired) electrons. The fourth-order valence-electron chi connectivity index (χ4n) is 2.65. The average molecular weight is 286 g/mol. The summed E-state index contributed by atoms with van der Waals surface area (Å²) in [7, 11) is 0. The highest BCUT2D eigenvalue weighted by atomic mass is 32.1. The molecule has 0 bridgehead atoms. The van der Waals surface area contributed by atoms with Gasteiger partial charge in [0, 0.05) is 22.6 Å². The summed E-state index contributed by atoms with van der Waals surface area (Å²) in [4.78, 5) is 3.98. The Kier molecular flexibility index (Phi) is 4.08. The molecule has 1 fully saturated rings. The van der Waals surface area contributed by atoms with Crippen molar-refractivity contribution in [2.24, 2.45) is 5.73 Å². The molecule has 1 atom stereocenters. The summed E-state index contributed by atoms with van der Waals surface area (Å²) in [6.45, 7) is 3.16. The molecule has 1 aliphatic carbocycles. The fourth-order valence-corrected chi connectivity index (χ4v) is 3.35. The lowest BCUT2D eigenvalue weighted by Crippen LogP contribution is -2.27. The molecule has 0 spiro atoms. The van der Waals surface area contributed by atoms with Crippen LogP contribution in [-0.2, 0) is 6.54 Å². The second kappa shape index (κ2) is 5.98. The summed E-state index contributed by atoms with van der Waals surface area (Å²) in [5.41, 5.74) is 8.92. The first-order valence-electron chi connectivity index (χ1n) is 7.43. The molecule has 1 saturated carbocycles. The van der Waals surface area contributed by atoms with Crippen LogP contribution in [0.3, 0.4) is 0 Å². The molecule has 2 nitrogen and oxygen atoms in total. The van der Waals surface area contributed by atoms with Crippen molar-refractivity contribution in [1.29, 1.82) is 0 Å². The van der Waals surface area contributed by atoms with Gasteiger partial charge in [0.05, 0.1) is 6.54 Å². The van der Waals surface area contributed by atoms with Crippen molar-refractivity contribution in [3.05, 3.63) is 52.2 Å². The van der Waals surface area contributed by atoms with E-state index in [1.54, 1.807) is 0 Å². The van der Waals surface area contributed by atoms with Gasteiger partial charge in [0.15, 0.2) is 0 Å². The third kappa shape index (κ3) is 2.89. The van der Waals surface area contributed by atoms with E-state index in [2.05, 4.69) is 53.6 Å². The highest BCUT2D eigenvalue weighted by Gasteiger charge is 2.31. The molecule has 0 aliphatic heterocycles. The summed E-state index contributed by atoms with van der Waals surface area (Å²) in [5.74, 6) is 0. The molecule has 0 saturated heterocycles. The number of nitrogens with zero attached hydrogens (tertiary/aromatic N) is 1. The predicted molar refractivity (Wildman–Crippen MR) is 87.2 cm³/mol. The van der Waals surface area contributed by atoms with Crippen molar-refractivity contribution in [2.45, 2.75) is 44.8 Å². The number of thiophene rings is 1. The number of nitrogens with two attached hydrogens (primary N) is 1. The monoisotopic (exact) mass is 286 g/mol. The van der Waals surface area contributed by atoms with Gasteiger partial charge in [-0.25, -0.2) is 0 Å². The fraction of sp³-hybridized carbons (Fsp3) is 0.412. The first-order valence-corrected chi connectivity index (χ1v) is 8.31. The highest BCUT2D eigenvalue weighted by molar-refractivity contribution is 7.09. The molecule has 3 rings (SSSR count). The van der Waals surface area contributed by atoms with Crippen LogP contribution in [0, 0.1) is 0 Å². The highest BCUT2D eigenvalue weighted by Crippen LogP contribution is 2.37. The summed E-state index contributed by atoms with van der Waals surface area (Å²) < 4.78 is 0. The minimum absolute atomic E-state index is 0.135. The van der Waals surface area contributed by atoms with Crippen LogP contribution in [0.15, 0.2) is 41.8 Å². The van der Waals surface area contributed by atoms with Gasteiger partial charge in [0.2, 0.25) is 0 Å². The van der Waals surface area contributed by atoms with Crippen LogP contribution in [0.25, 0.3) is 0 Å². The van der Waals surface area contributed by atoms with E-state index in [0.29, 0.717) is 6.04 Å². The number of hydrogen-bond donors (Lipinski definition) is 1. The molecule has 3 heteroatoms. The third-order valence-corrected chi connectivity index (χ3v) is 4.84. The molecular weight excluding hydrogens is 264 g/mol. The number of para-hydroxylation sites is 1. The first kappa shape index (κ1) is 13.7. The van der Waals surface area contributed by atoms with E-state index in [4.69, 9.17) is 5.73 Å². The SMILES string of the molecule is CC[C@H](N)c1ccccc1N(Cc1cccs1)C1CC1. The molecule has 2 N–H and O–H groups in total. The van der Waals surface area contributed by atoms with Crippen LogP contribution in [0.2, 0.25) is 0 Å². The maximum absolute atomic E-state index is 6.30. The second-order valence-electron chi connectivity index (χ2n) is 5.51. The Morgan fingerprint density at radius 2 is 2.05 bits per heavy atom. The lowest BCUT2D eigenvalue weighted by molar-refractivity contribution is 0.687. The van der Waals surface area contributed by atoms with Gasteiger partial charge >= 0.3 is 0 Å². The predicted octanol–water partition coefficient (Wildman–Crippen LogP) is 4.33. The maximum atomic E-state index is 6.30. The zero-order valence-electron chi connectivity index (χ0n) is 12.0. The molecule has 20 heavy (non-hydrogen) atoms. The van der Waals surface area contributed by atoms with Crippen molar-refractivity contribution in [1.82, 2.24) is 0 Å². The van der Waals surface area contributed by atoms with Crippen LogP contribution in [0.1, 0.15) is 42.7 Å². The number of rotatable bonds is 6. The lowest BCUT2D eigenvalue weighted by atomic mass is 10.0. The Bertz CT molecular complexity index is 546. The Balaban J connectivity index is 1.91. The molecule has 1 aromatic heterocycles. The minimum Gasteiger partial charge on any atom is -0.363 e. The molecule has 0 unspecified atom stereocenters. The van der Waals surface area contributed by atoms with Gasteiger partial charge in [-0.05, 0) is 42.3 Å². The second-order valence-corrected chi connectivity index (χ2v) is 6.54. The number of anilines is 1. The van der Waals surface area contributed by atoms with Gasteiger partial charge in [-0.15, -0.1) is 11.3 Å². The number of benzene rings is 1. The molecule has 1 aromatic carbocycles. The van der Waals surface area contributed by atoms with Crippen molar-refractivity contribution in [3.8, 4) is 0 Å². The van der Waals surface area contributed by atoms with E-state index in [9.17, 15) is 0 Å². The van der Waals surface area contributed by atoms with E-state index in [1.165, 1.54) is 29.0 Å². The minimum atomic E-state index is 0.135. The molecule has 1 heterocycles. The molecule has 2 aromatic rings. The quantitative estimate of drug-likeness (QED) is 0.856. The maximum Gasteiger partial charge on any atom is 0.0526 e. The van der Waals surface area contributed by atoms with Crippen LogP contribution in [-0.4, -0.2) is 6.04 Å². The average Bonchev–Trinajstić information content (AvgIpc) is 3.20. The standard InChI is InChI=1S/C17H22N2S/c1-2-16(18)15-7-3-4-8-17(15)19(13-9-10-13)12-14-6-5-11-20-14/h3-8,11,13,16H,2,9-10,12,18H2,1H3/t16-/m0/s1. The molecule has 0 amide bonds.